The summed E-state index contributed by atoms with van der Waals surface area (Å²) in [7, 11) is 1.26. The highest BCUT2D eigenvalue weighted by molar-refractivity contribution is 5.86. The molecule has 6 nitrogen and oxygen atoms in total. The van der Waals surface area contributed by atoms with Crippen LogP contribution >= 0.6 is 0 Å². The van der Waals surface area contributed by atoms with Crippen LogP contribution in [0.15, 0.2) is 36.7 Å². The van der Waals surface area contributed by atoms with Gasteiger partial charge in [-0.1, -0.05) is 30.3 Å². The second-order valence-electron chi connectivity index (χ2n) is 4.26. The SMILES string of the molecule is COC(=O)c1ncnn1CC(=O)CCc1ccccc1. The van der Waals surface area contributed by atoms with Gasteiger partial charge in [0.25, 0.3) is 0 Å². The molecule has 6 heteroatoms. The quantitative estimate of drug-likeness (QED) is 0.741. The Bertz CT molecular complexity index is 593. The number of hydrogen-bond acceptors (Lipinski definition) is 5. The highest BCUT2D eigenvalue weighted by Crippen LogP contribution is 2.04. The largest absolute Gasteiger partial charge is 0.463 e. The average molecular weight is 273 g/mol. The van der Waals surface area contributed by atoms with Gasteiger partial charge in [-0.3, -0.25) is 4.79 Å². The van der Waals surface area contributed by atoms with Crippen molar-refractivity contribution in [1.29, 1.82) is 0 Å². The Labute approximate surface area is 116 Å². The van der Waals surface area contributed by atoms with Gasteiger partial charge in [-0.2, -0.15) is 5.10 Å². The van der Waals surface area contributed by atoms with Gasteiger partial charge in [0, 0.05) is 6.42 Å². The molecule has 0 aliphatic rings. The third-order valence-electron chi connectivity index (χ3n) is 2.84. The molecule has 20 heavy (non-hydrogen) atoms. The van der Waals surface area contributed by atoms with Crippen molar-refractivity contribution in [1.82, 2.24) is 14.8 Å². The van der Waals surface area contributed by atoms with E-state index in [1.807, 2.05) is 30.3 Å². The van der Waals surface area contributed by atoms with Crippen molar-refractivity contribution in [3.05, 3.63) is 48.0 Å². The second kappa shape index (κ2) is 6.60. The van der Waals surface area contributed by atoms with Gasteiger partial charge in [0.1, 0.15) is 12.9 Å². The molecule has 1 aromatic carbocycles. The summed E-state index contributed by atoms with van der Waals surface area (Å²) < 4.78 is 5.84. The van der Waals surface area contributed by atoms with Gasteiger partial charge in [-0.15, -0.1) is 0 Å². The lowest BCUT2D eigenvalue weighted by Gasteiger charge is -2.04. The van der Waals surface area contributed by atoms with Crippen LogP contribution in [0.2, 0.25) is 0 Å². The van der Waals surface area contributed by atoms with Crippen LogP contribution in [0, 0.1) is 0 Å². The molecule has 0 amide bonds. The highest BCUT2D eigenvalue weighted by Gasteiger charge is 2.16. The van der Waals surface area contributed by atoms with Crippen molar-refractivity contribution in [2.45, 2.75) is 19.4 Å². The molecule has 1 aromatic heterocycles. The Hall–Kier alpha value is -2.50. The molecule has 0 fully saturated rings. The van der Waals surface area contributed by atoms with Crippen LogP contribution < -0.4 is 0 Å². The zero-order valence-electron chi connectivity index (χ0n) is 11.2. The number of aryl methyl sites for hydroxylation is 1. The molecular formula is C14H15N3O3. The Morgan fingerprint density at radius 3 is 2.70 bits per heavy atom. The number of ketones is 1. The number of nitrogens with zero attached hydrogens (tertiary/aromatic N) is 3. The standard InChI is InChI=1S/C14H15N3O3/c1-20-14(19)13-15-10-16-17(13)9-12(18)8-7-11-5-3-2-4-6-11/h2-6,10H,7-9H2,1H3. The third kappa shape index (κ3) is 3.50. The van der Waals surface area contributed by atoms with Crippen molar-refractivity contribution >= 4 is 11.8 Å². The molecule has 0 atom stereocenters. The highest BCUT2D eigenvalue weighted by atomic mass is 16.5. The number of esters is 1. The number of methoxy groups -OCH3 is 1. The van der Waals surface area contributed by atoms with Crippen LogP contribution in [0.1, 0.15) is 22.6 Å². The van der Waals surface area contributed by atoms with Crippen LogP contribution in [0.3, 0.4) is 0 Å². The van der Waals surface area contributed by atoms with Crippen molar-refractivity contribution in [2.24, 2.45) is 0 Å². The van der Waals surface area contributed by atoms with E-state index in [1.54, 1.807) is 0 Å². The summed E-state index contributed by atoms with van der Waals surface area (Å²) in [5.41, 5.74) is 1.10. The molecule has 0 bridgehead atoms. The van der Waals surface area contributed by atoms with E-state index in [4.69, 9.17) is 0 Å². The summed E-state index contributed by atoms with van der Waals surface area (Å²) in [4.78, 5) is 27.1. The van der Waals surface area contributed by atoms with Crippen LogP contribution in [-0.2, 0) is 22.5 Å². The molecule has 0 N–H and O–H groups in total. The van der Waals surface area contributed by atoms with E-state index in [-0.39, 0.29) is 18.2 Å². The Kier molecular flexibility index (Phi) is 4.60. The molecule has 0 aliphatic carbocycles. The Balaban J connectivity index is 1.92. The maximum atomic E-state index is 11.9. The summed E-state index contributed by atoms with van der Waals surface area (Å²) >= 11 is 0. The van der Waals surface area contributed by atoms with E-state index in [0.29, 0.717) is 12.8 Å². The fraction of sp³-hybridized carbons (Fsp3) is 0.286. The van der Waals surface area contributed by atoms with Gasteiger partial charge in [-0.05, 0) is 12.0 Å². The molecule has 2 aromatic rings. The third-order valence-corrected chi connectivity index (χ3v) is 2.84. The van der Waals surface area contributed by atoms with Gasteiger partial charge in [0.15, 0.2) is 5.78 Å². The van der Waals surface area contributed by atoms with Crippen molar-refractivity contribution < 1.29 is 14.3 Å². The molecule has 104 valence electrons. The molecule has 0 radical (unpaired) electrons. The van der Waals surface area contributed by atoms with Gasteiger partial charge in [0.2, 0.25) is 5.82 Å². The average Bonchev–Trinajstić information content (AvgIpc) is 2.93. The first-order valence-electron chi connectivity index (χ1n) is 6.22. The van der Waals surface area contributed by atoms with Crippen LogP contribution in [0.25, 0.3) is 0 Å². The number of Topliss-reactive ketones (excluding diaryl/α,β-unsaturated/α-hetero) is 1. The number of aromatic nitrogens is 3. The number of ether oxygens (including phenoxy) is 1. The van der Waals surface area contributed by atoms with E-state index >= 15 is 0 Å². The topological polar surface area (TPSA) is 74.1 Å². The lowest BCUT2D eigenvalue weighted by molar-refractivity contribution is -0.119. The summed E-state index contributed by atoms with van der Waals surface area (Å²) in [5, 5.41) is 3.86. The van der Waals surface area contributed by atoms with Gasteiger partial charge < -0.3 is 4.74 Å². The first-order chi connectivity index (χ1) is 9.70. The normalized spacial score (nSPS) is 10.2. The number of benzene rings is 1. The van der Waals surface area contributed by atoms with Crippen LogP contribution in [0.4, 0.5) is 0 Å². The minimum Gasteiger partial charge on any atom is -0.463 e. The lowest BCUT2D eigenvalue weighted by atomic mass is 10.1. The lowest BCUT2D eigenvalue weighted by Crippen LogP contribution is -2.18. The first-order valence-corrected chi connectivity index (χ1v) is 6.22. The number of carbonyl (C=O) groups is 2. The minimum atomic E-state index is -0.599. The molecule has 0 spiro atoms. The first kappa shape index (κ1) is 13.9. The second-order valence-corrected chi connectivity index (χ2v) is 4.26. The zero-order chi connectivity index (χ0) is 14.4. The summed E-state index contributed by atoms with van der Waals surface area (Å²) in [6.07, 6.45) is 2.29. The number of rotatable bonds is 6. The Morgan fingerprint density at radius 2 is 2.00 bits per heavy atom. The van der Waals surface area contributed by atoms with Crippen LogP contribution in [-0.4, -0.2) is 33.6 Å². The smallest absolute Gasteiger partial charge is 0.375 e. The molecule has 2 rings (SSSR count). The molecule has 0 unspecified atom stereocenters. The Morgan fingerprint density at radius 1 is 1.25 bits per heavy atom. The van der Waals surface area contributed by atoms with Gasteiger partial charge in [0.05, 0.1) is 7.11 Å². The summed E-state index contributed by atoms with van der Waals surface area (Å²) in [5.74, 6) is -0.566. The maximum absolute atomic E-state index is 11.9. The van der Waals surface area contributed by atoms with E-state index in [0.717, 1.165) is 5.56 Å². The molecule has 0 saturated heterocycles. The van der Waals surface area contributed by atoms with E-state index in [2.05, 4.69) is 14.8 Å². The summed E-state index contributed by atoms with van der Waals surface area (Å²) in [6, 6.07) is 9.76. The number of hydrogen-bond donors (Lipinski definition) is 0. The van der Waals surface area contributed by atoms with Crippen molar-refractivity contribution in [3.8, 4) is 0 Å². The van der Waals surface area contributed by atoms with Crippen LogP contribution in [0.5, 0.6) is 0 Å². The number of carbonyl (C=O) groups excluding carboxylic acids is 2. The summed E-state index contributed by atoms with van der Waals surface area (Å²) in [6.45, 7) is 0.0251. The minimum absolute atomic E-state index is 0.00972. The predicted molar refractivity (Wildman–Crippen MR) is 71.1 cm³/mol. The predicted octanol–water partition coefficient (Wildman–Crippen LogP) is 1.27. The van der Waals surface area contributed by atoms with E-state index in [1.165, 1.54) is 18.1 Å². The zero-order valence-corrected chi connectivity index (χ0v) is 11.2. The fourth-order valence-electron chi connectivity index (χ4n) is 1.80. The monoisotopic (exact) mass is 273 g/mol. The van der Waals surface area contributed by atoms with E-state index in [9.17, 15) is 9.59 Å². The van der Waals surface area contributed by atoms with E-state index < -0.39 is 5.97 Å². The van der Waals surface area contributed by atoms with Gasteiger partial charge >= 0.3 is 5.97 Å². The molecule has 1 heterocycles. The van der Waals surface area contributed by atoms with Gasteiger partial charge in [-0.25, -0.2) is 14.5 Å². The maximum Gasteiger partial charge on any atom is 0.375 e. The molecular weight excluding hydrogens is 258 g/mol. The molecule has 0 aliphatic heterocycles. The van der Waals surface area contributed by atoms with Crippen molar-refractivity contribution in [2.75, 3.05) is 7.11 Å². The molecule has 0 saturated carbocycles. The fourth-order valence-corrected chi connectivity index (χ4v) is 1.80. The van der Waals surface area contributed by atoms with Crippen molar-refractivity contribution in [3.63, 3.8) is 0 Å².